The van der Waals surface area contributed by atoms with Crippen LogP contribution in [0.3, 0.4) is 0 Å². The van der Waals surface area contributed by atoms with Crippen LogP contribution in [-0.4, -0.2) is 32.6 Å². The van der Waals surface area contributed by atoms with Crippen molar-refractivity contribution in [2.75, 3.05) is 0 Å². The predicted molar refractivity (Wildman–Crippen MR) is 137 cm³/mol. The van der Waals surface area contributed by atoms with Crippen LogP contribution in [-0.2, 0) is 4.79 Å². The maximum Gasteiger partial charge on any atom is 0.267 e. The van der Waals surface area contributed by atoms with E-state index in [2.05, 4.69) is 49.8 Å². The molecule has 0 bridgehead atoms. The Balaban J connectivity index is 1.46. The normalized spacial score (nSPS) is 23.5. The van der Waals surface area contributed by atoms with E-state index >= 15 is 0 Å². The van der Waals surface area contributed by atoms with Crippen LogP contribution in [0.2, 0.25) is 0 Å². The Bertz CT molecular complexity index is 1010. The predicted octanol–water partition coefficient (Wildman–Crippen LogP) is 7.18. The number of amides is 1. The number of nitrogens with zero attached hydrogens (tertiary/aromatic N) is 3. The monoisotopic (exact) mass is 511 g/mol. The molecule has 0 unspecified atom stereocenters. The maximum absolute atomic E-state index is 13.6. The molecule has 168 valence electrons. The van der Waals surface area contributed by atoms with Gasteiger partial charge in [0.2, 0.25) is 0 Å². The zero-order valence-corrected chi connectivity index (χ0v) is 20.8. The van der Waals surface area contributed by atoms with Crippen molar-refractivity contribution in [3.63, 3.8) is 0 Å². The number of hydrogen-bond donors (Lipinski definition) is 0. The van der Waals surface area contributed by atoms with Crippen molar-refractivity contribution in [3.8, 4) is 5.69 Å². The van der Waals surface area contributed by atoms with Crippen molar-refractivity contribution in [3.05, 3.63) is 57.7 Å². The average molecular weight is 513 g/mol. The molecule has 4 nitrogen and oxygen atoms in total. The smallest absolute Gasteiger partial charge is 0.267 e. The van der Waals surface area contributed by atoms with E-state index in [9.17, 15) is 4.79 Å². The lowest BCUT2D eigenvalue weighted by molar-refractivity contribution is -0.124. The van der Waals surface area contributed by atoms with Crippen LogP contribution in [0.4, 0.5) is 0 Å². The van der Waals surface area contributed by atoms with Gasteiger partial charge in [0.1, 0.15) is 0 Å². The van der Waals surface area contributed by atoms with Gasteiger partial charge in [0.25, 0.3) is 5.91 Å². The molecule has 2 aliphatic carbocycles. The summed E-state index contributed by atoms with van der Waals surface area (Å²) in [7, 11) is 0. The van der Waals surface area contributed by atoms with Crippen molar-refractivity contribution in [2.45, 2.75) is 76.3 Å². The third-order valence-corrected chi connectivity index (χ3v) is 8.33. The fraction of sp³-hybridized carbons (Fsp3) is 0.462. The Morgan fingerprint density at radius 1 is 0.938 bits per heavy atom. The van der Waals surface area contributed by atoms with Crippen LogP contribution in [0.5, 0.6) is 0 Å². The van der Waals surface area contributed by atoms with E-state index < -0.39 is 0 Å². The number of carbonyl (C=O) groups is 1. The first-order valence-corrected chi connectivity index (χ1v) is 13.5. The standard InChI is InChI=1S/C26H30BrN3OS/c27-19-13-15-21(16-14-19)29-17-7-12-23(29)18-24-25(31)30(22-10-5-2-6-11-22)26(32-24)28-20-8-3-1-4-9-20/h7,12-18,20,22H,1-6,8-11H2. The summed E-state index contributed by atoms with van der Waals surface area (Å²) in [5.41, 5.74) is 2.10. The Morgan fingerprint density at radius 2 is 1.62 bits per heavy atom. The average Bonchev–Trinajstić information content (AvgIpc) is 3.40. The van der Waals surface area contributed by atoms with Gasteiger partial charge in [0.05, 0.1) is 10.9 Å². The van der Waals surface area contributed by atoms with Gasteiger partial charge in [-0.15, -0.1) is 0 Å². The fourth-order valence-electron chi connectivity index (χ4n) is 5.09. The van der Waals surface area contributed by atoms with Gasteiger partial charge in [-0.05, 0) is 79.9 Å². The van der Waals surface area contributed by atoms with Gasteiger partial charge < -0.3 is 4.57 Å². The third-order valence-electron chi connectivity index (χ3n) is 6.81. The number of aromatic nitrogens is 1. The Labute approximate surface area is 203 Å². The molecule has 1 amide bonds. The van der Waals surface area contributed by atoms with Crippen LogP contribution in [0.15, 0.2) is 57.0 Å². The van der Waals surface area contributed by atoms with E-state index in [1.807, 2.05) is 24.3 Å². The summed E-state index contributed by atoms with van der Waals surface area (Å²) in [5.74, 6) is 0.139. The van der Waals surface area contributed by atoms with Crippen LogP contribution in [0.25, 0.3) is 11.8 Å². The highest BCUT2D eigenvalue weighted by molar-refractivity contribution is 9.10. The van der Waals surface area contributed by atoms with Gasteiger partial charge in [-0.25, -0.2) is 0 Å². The second-order valence-electron chi connectivity index (χ2n) is 9.06. The molecule has 32 heavy (non-hydrogen) atoms. The van der Waals surface area contributed by atoms with E-state index in [-0.39, 0.29) is 5.91 Å². The molecule has 6 heteroatoms. The molecule has 5 rings (SSSR count). The van der Waals surface area contributed by atoms with Crippen LogP contribution >= 0.6 is 27.7 Å². The summed E-state index contributed by atoms with van der Waals surface area (Å²) >= 11 is 5.10. The SMILES string of the molecule is O=C1C(=Cc2cccn2-c2ccc(Br)cc2)SC(=NC2CCCCC2)N1C1CCCCC1. The first kappa shape index (κ1) is 22.0. The summed E-state index contributed by atoms with van der Waals surface area (Å²) in [6.45, 7) is 0. The van der Waals surface area contributed by atoms with Crippen molar-refractivity contribution < 1.29 is 4.79 Å². The summed E-state index contributed by atoms with van der Waals surface area (Å²) in [5, 5.41) is 0.946. The molecule has 0 N–H and O–H groups in total. The molecule has 0 atom stereocenters. The largest absolute Gasteiger partial charge is 0.317 e. The fourth-order valence-corrected chi connectivity index (χ4v) is 6.45. The molecule has 3 aliphatic rings. The van der Waals surface area contributed by atoms with Gasteiger partial charge in [0, 0.05) is 28.1 Å². The second kappa shape index (κ2) is 10.0. The highest BCUT2D eigenvalue weighted by Gasteiger charge is 2.39. The van der Waals surface area contributed by atoms with E-state index in [1.165, 1.54) is 38.5 Å². The summed E-state index contributed by atoms with van der Waals surface area (Å²) in [4.78, 5) is 21.6. The van der Waals surface area contributed by atoms with Gasteiger partial charge >= 0.3 is 0 Å². The number of rotatable bonds is 4. The molecule has 2 saturated carbocycles. The number of hydrogen-bond acceptors (Lipinski definition) is 3. The minimum atomic E-state index is 0.139. The molecular weight excluding hydrogens is 482 g/mol. The van der Waals surface area contributed by atoms with Crippen molar-refractivity contribution in [1.29, 1.82) is 0 Å². The van der Waals surface area contributed by atoms with Crippen molar-refractivity contribution in [1.82, 2.24) is 9.47 Å². The summed E-state index contributed by atoms with van der Waals surface area (Å²) in [6, 6.07) is 13.0. The number of benzene rings is 1. The first-order valence-electron chi connectivity index (χ1n) is 11.9. The van der Waals surface area contributed by atoms with E-state index in [0.717, 1.165) is 51.6 Å². The Morgan fingerprint density at radius 3 is 2.34 bits per heavy atom. The molecule has 3 fully saturated rings. The van der Waals surface area contributed by atoms with Gasteiger partial charge in [-0.2, -0.15) is 0 Å². The highest BCUT2D eigenvalue weighted by Crippen LogP contribution is 2.38. The molecule has 1 aliphatic heterocycles. The molecule has 1 aromatic heterocycles. The molecule has 2 aromatic rings. The minimum absolute atomic E-state index is 0.139. The van der Waals surface area contributed by atoms with Crippen molar-refractivity contribution in [2.24, 2.45) is 4.99 Å². The number of carbonyl (C=O) groups excluding carboxylic acids is 1. The molecule has 0 spiro atoms. The van der Waals surface area contributed by atoms with Gasteiger partial charge in [-0.3, -0.25) is 14.7 Å². The second-order valence-corrected chi connectivity index (χ2v) is 11.0. The summed E-state index contributed by atoms with van der Waals surface area (Å²) in [6.07, 6.45) is 16.1. The first-order chi connectivity index (χ1) is 15.7. The van der Waals surface area contributed by atoms with Crippen LogP contribution < -0.4 is 0 Å². The number of amidine groups is 1. The molecule has 1 aromatic carbocycles. The number of thioether (sulfide) groups is 1. The zero-order chi connectivity index (χ0) is 21.9. The third kappa shape index (κ3) is 4.76. The van der Waals surface area contributed by atoms with Crippen LogP contribution in [0.1, 0.15) is 69.9 Å². The summed E-state index contributed by atoms with van der Waals surface area (Å²) < 4.78 is 3.19. The van der Waals surface area contributed by atoms with E-state index in [0.29, 0.717) is 12.1 Å². The Hall–Kier alpha value is -1.79. The number of aliphatic imine (C=N–C) groups is 1. The van der Waals surface area contributed by atoms with E-state index in [1.54, 1.807) is 11.8 Å². The lowest BCUT2D eigenvalue weighted by Crippen LogP contribution is -2.41. The maximum atomic E-state index is 13.6. The molecule has 2 heterocycles. The Kier molecular flexibility index (Phi) is 6.88. The molecule has 1 saturated heterocycles. The number of halogens is 1. The quantitative estimate of drug-likeness (QED) is 0.407. The minimum Gasteiger partial charge on any atom is -0.317 e. The van der Waals surface area contributed by atoms with E-state index in [4.69, 9.17) is 4.99 Å². The lowest BCUT2D eigenvalue weighted by atomic mass is 9.94. The lowest BCUT2D eigenvalue weighted by Gasteiger charge is -2.31. The van der Waals surface area contributed by atoms with Crippen molar-refractivity contribution >= 4 is 44.8 Å². The molecule has 0 radical (unpaired) electrons. The van der Waals surface area contributed by atoms with Gasteiger partial charge in [-0.1, -0.05) is 54.5 Å². The topological polar surface area (TPSA) is 37.6 Å². The molecular formula is C26H30BrN3OS. The van der Waals surface area contributed by atoms with Gasteiger partial charge in [0.15, 0.2) is 5.17 Å². The zero-order valence-electron chi connectivity index (χ0n) is 18.4. The highest BCUT2D eigenvalue weighted by atomic mass is 79.9. The van der Waals surface area contributed by atoms with Crippen LogP contribution in [0, 0.1) is 0 Å².